The molecule has 5 rings (SSSR count). The van der Waals surface area contributed by atoms with Gasteiger partial charge in [-0.15, -0.1) is 0 Å². The maximum absolute atomic E-state index is 5.24. The van der Waals surface area contributed by atoms with Gasteiger partial charge < -0.3 is 14.5 Å². The fourth-order valence-electron chi connectivity index (χ4n) is 4.47. The Hall–Kier alpha value is -2.25. The molecule has 0 bridgehead atoms. The zero-order valence-corrected chi connectivity index (χ0v) is 17.7. The number of thiazole rings is 1. The van der Waals surface area contributed by atoms with E-state index in [1.54, 1.807) is 18.4 Å². The predicted octanol–water partition coefficient (Wildman–Crippen LogP) is 4.22. The first-order valence-corrected chi connectivity index (χ1v) is 11.4. The van der Waals surface area contributed by atoms with Gasteiger partial charge in [0.1, 0.15) is 5.52 Å². The highest BCUT2D eigenvalue weighted by molar-refractivity contribution is 7.22. The van der Waals surface area contributed by atoms with Crippen molar-refractivity contribution in [2.75, 3.05) is 38.2 Å². The Kier molecular flexibility index (Phi) is 5.33. The van der Waals surface area contributed by atoms with Crippen molar-refractivity contribution in [1.82, 2.24) is 19.9 Å². The van der Waals surface area contributed by atoms with Crippen LogP contribution in [0.5, 0.6) is 5.88 Å². The quantitative estimate of drug-likeness (QED) is 0.643. The molecule has 0 radical (unpaired) electrons. The van der Waals surface area contributed by atoms with Gasteiger partial charge in [-0.2, -0.15) is 0 Å². The maximum Gasteiger partial charge on any atom is 0.213 e. The molecule has 0 aromatic carbocycles. The number of methoxy groups -OCH3 is 1. The molecule has 0 N–H and O–H groups in total. The van der Waals surface area contributed by atoms with Crippen LogP contribution in [0.4, 0.5) is 5.13 Å². The summed E-state index contributed by atoms with van der Waals surface area (Å²) >= 11 is 1.76. The Labute approximate surface area is 175 Å². The van der Waals surface area contributed by atoms with E-state index in [0.29, 0.717) is 5.88 Å². The van der Waals surface area contributed by atoms with E-state index in [1.165, 1.54) is 45.2 Å². The van der Waals surface area contributed by atoms with Gasteiger partial charge >= 0.3 is 0 Å². The van der Waals surface area contributed by atoms with E-state index in [2.05, 4.69) is 25.8 Å². The summed E-state index contributed by atoms with van der Waals surface area (Å²) in [7, 11) is 1.63. The lowest BCUT2D eigenvalue weighted by Gasteiger charge is -2.40. The van der Waals surface area contributed by atoms with Crippen LogP contribution in [-0.4, -0.2) is 59.2 Å². The van der Waals surface area contributed by atoms with Crippen LogP contribution in [0.3, 0.4) is 0 Å². The van der Waals surface area contributed by atoms with Crippen LogP contribution in [0.15, 0.2) is 30.5 Å². The van der Waals surface area contributed by atoms with Crippen molar-refractivity contribution < 1.29 is 4.74 Å². The first-order chi connectivity index (χ1) is 14.3. The van der Waals surface area contributed by atoms with Crippen LogP contribution < -0.4 is 9.64 Å². The molecule has 3 aromatic rings. The van der Waals surface area contributed by atoms with Crippen molar-refractivity contribution in [2.45, 2.75) is 38.1 Å². The highest BCUT2D eigenvalue weighted by Gasteiger charge is 2.26. The average molecular weight is 410 g/mol. The van der Waals surface area contributed by atoms with Crippen molar-refractivity contribution in [1.29, 1.82) is 0 Å². The number of nitrogens with zero attached hydrogens (tertiary/aromatic N) is 5. The maximum atomic E-state index is 5.24. The Balaban J connectivity index is 1.31. The van der Waals surface area contributed by atoms with Crippen LogP contribution >= 0.6 is 11.3 Å². The molecule has 2 saturated heterocycles. The Bertz CT molecular complexity index is 976. The van der Waals surface area contributed by atoms with Crippen LogP contribution in [0, 0.1) is 0 Å². The predicted molar refractivity (Wildman–Crippen MR) is 118 cm³/mol. The molecule has 2 fully saturated rings. The molecule has 0 amide bonds. The van der Waals surface area contributed by atoms with E-state index in [9.17, 15) is 0 Å². The van der Waals surface area contributed by atoms with Crippen LogP contribution in [0.25, 0.3) is 21.6 Å². The molecule has 2 aliphatic rings. The molecular formula is C22H27N5OS. The van der Waals surface area contributed by atoms with Gasteiger partial charge in [0.15, 0.2) is 5.13 Å². The molecule has 29 heavy (non-hydrogen) atoms. The van der Waals surface area contributed by atoms with Crippen molar-refractivity contribution in [2.24, 2.45) is 0 Å². The molecule has 3 aromatic heterocycles. The summed E-state index contributed by atoms with van der Waals surface area (Å²) in [6, 6.07) is 8.61. The molecular weight excluding hydrogens is 382 g/mol. The molecule has 152 valence electrons. The fourth-order valence-corrected chi connectivity index (χ4v) is 5.50. The van der Waals surface area contributed by atoms with Crippen LogP contribution in [-0.2, 0) is 0 Å². The SMILES string of the molecule is COc1cccc(-c2cc3sc(N4CCC(N5CCCCC5)CC4)nc3cn2)n1. The molecule has 6 nitrogen and oxygen atoms in total. The third-order valence-electron chi connectivity index (χ3n) is 6.10. The largest absolute Gasteiger partial charge is 0.481 e. The van der Waals surface area contributed by atoms with E-state index in [-0.39, 0.29) is 0 Å². The minimum absolute atomic E-state index is 0.603. The van der Waals surface area contributed by atoms with Crippen LogP contribution in [0.2, 0.25) is 0 Å². The number of hydrogen-bond acceptors (Lipinski definition) is 7. The highest BCUT2D eigenvalue weighted by Crippen LogP contribution is 2.33. The number of fused-ring (bicyclic) bond motifs is 1. The van der Waals surface area contributed by atoms with E-state index in [1.807, 2.05) is 24.4 Å². The van der Waals surface area contributed by atoms with E-state index in [0.717, 1.165) is 45.9 Å². The van der Waals surface area contributed by atoms with Gasteiger partial charge in [-0.05, 0) is 50.9 Å². The Morgan fingerprint density at radius 2 is 1.83 bits per heavy atom. The van der Waals surface area contributed by atoms with Crippen molar-refractivity contribution in [3.05, 3.63) is 30.5 Å². The summed E-state index contributed by atoms with van der Waals surface area (Å²) in [6.07, 6.45) is 8.50. The summed E-state index contributed by atoms with van der Waals surface area (Å²) < 4.78 is 6.40. The summed E-state index contributed by atoms with van der Waals surface area (Å²) in [5.41, 5.74) is 2.65. The standard InChI is InChI=1S/C22H27N5OS/c1-28-21-7-5-6-17(24-21)18-14-20-19(15-23-18)25-22(29-20)27-12-8-16(9-13-27)26-10-3-2-4-11-26/h5-7,14-16H,2-4,8-13H2,1H3. The van der Waals surface area contributed by atoms with Gasteiger partial charge in [0, 0.05) is 25.2 Å². The lowest BCUT2D eigenvalue weighted by molar-refractivity contribution is 0.141. The van der Waals surface area contributed by atoms with Gasteiger partial charge in [-0.3, -0.25) is 4.98 Å². The number of pyridine rings is 2. The minimum Gasteiger partial charge on any atom is -0.481 e. The molecule has 0 spiro atoms. The van der Waals surface area contributed by atoms with Crippen LogP contribution in [0.1, 0.15) is 32.1 Å². The topological polar surface area (TPSA) is 54.4 Å². The second kappa shape index (κ2) is 8.24. The third kappa shape index (κ3) is 3.94. The molecule has 7 heteroatoms. The molecule has 2 aliphatic heterocycles. The molecule has 0 saturated carbocycles. The smallest absolute Gasteiger partial charge is 0.213 e. The number of likely N-dealkylation sites (tertiary alicyclic amines) is 1. The van der Waals surface area contributed by atoms with Gasteiger partial charge in [-0.25, -0.2) is 9.97 Å². The highest BCUT2D eigenvalue weighted by atomic mass is 32.1. The van der Waals surface area contributed by atoms with E-state index >= 15 is 0 Å². The van der Waals surface area contributed by atoms with Gasteiger partial charge in [0.05, 0.1) is 29.4 Å². The Morgan fingerprint density at radius 3 is 2.62 bits per heavy atom. The number of hydrogen-bond donors (Lipinski definition) is 0. The number of ether oxygens (including phenoxy) is 1. The van der Waals surface area contributed by atoms with E-state index in [4.69, 9.17) is 9.72 Å². The van der Waals surface area contributed by atoms with Gasteiger partial charge in [0.25, 0.3) is 0 Å². The normalized spacial score (nSPS) is 19.0. The minimum atomic E-state index is 0.603. The first kappa shape index (κ1) is 18.8. The lowest BCUT2D eigenvalue weighted by Crippen LogP contribution is -2.46. The monoisotopic (exact) mass is 409 g/mol. The van der Waals surface area contributed by atoms with Gasteiger partial charge in [-0.1, -0.05) is 23.8 Å². The first-order valence-electron chi connectivity index (χ1n) is 10.6. The van der Waals surface area contributed by atoms with E-state index < -0.39 is 0 Å². The number of anilines is 1. The summed E-state index contributed by atoms with van der Waals surface area (Å²) in [5.74, 6) is 0.603. The third-order valence-corrected chi connectivity index (χ3v) is 7.18. The van der Waals surface area contributed by atoms with Gasteiger partial charge in [0.2, 0.25) is 5.88 Å². The lowest BCUT2D eigenvalue weighted by atomic mass is 10.0. The number of piperidine rings is 2. The molecule has 0 unspecified atom stereocenters. The molecule has 0 atom stereocenters. The fraction of sp³-hybridized carbons (Fsp3) is 0.500. The number of rotatable bonds is 4. The number of aromatic nitrogens is 3. The molecule has 5 heterocycles. The Morgan fingerprint density at radius 1 is 1.00 bits per heavy atom. The summed E-state index contributed by atoms with van der Waals surface area (Å²) in [5, 5.41) is 1.12. The summed E-state index contributed by atoms with van der Waals surface area (Å²) in [6.45, 7) is 4.77. The summed E-state index contributed by atoms with van der Waals surface area (Å²) in [4.78, 5) is 19.1. The second-order valence-corrected chi connectivity index (χ2v) is 8.92. The zero-order chi connectivity index (χ0) is 19.6. The van der Waals surface area contributed by atoms with Crippen molar-refractivity contribution in [3.8, 4) is 17.3 Å². The van der Waals surface area contributed by atoms with Crippen molar-refractivity contribution in [3.63, 3.8) is 0 Å². The molecule has 0 aliphatic carbocycles. The average Bonchev–Trinajstić information content (AvgIpc) is 3.23. The zero-order valence-electron chi connectivity index (χ0n) is 16.9. The second-order valence-electron chi connectivity index (χ2n) is 7.91. The van der Waals surface area contributed by atoms with Crippen molar-refractivity contribution >= 4 is 26.7 Å².